The molecule has 0 atom stereocenters. The molecular weight excluding hydrogens is 266 g/mol. The Morgan fingerprint density at radius 2 is 2.11 bits per heavy atom. The fourth-order valence-corrected chi connectivity index (χ4v) is 1.96. The Morgan fingerprint density at radius 1 is 1.42 bits per heavy atom. The molecule has 0 amide bonds. The molecule has 1 N–H and O–H groups in total. The highest BCUT2D eigenvalue weighted by Crippen LogP contribution is 2.21. The second-order valence-corrected chi connectivity index (χ2v) is 4.96. The Morgan fingerprint density at radius 3 is 2.58 bits per heavy atom. The zero-order chi connectivity index (χ0) is 14.2. The van der Waals surface area contributed by atoms with E-state index < -0.39 is 5.97 Å². The summed E-state index contributed by atoms with van der Waals surface area (Å²) in [5.41, 5.74) is 0.777. The molecular formula is C13H14ClN3O2. The summed E-state index contributed by atoms with van der Waals surface area (Å²) in [7, 11) is 0. The molecule has 0 aliphatic rings. The topological polar surface area (TPSA) is 68.0 Å². The largest absolute Gasteiger partial charge is 0.478 e. The Kier molecular flexibility index (Phi) is 3.57. The minimum Gasteiger partial charge on any atom is -0.478 e. The number of nitrogens with zero attached hydrogens (tertiary/aromatic N) is 3. The molecule has 6 heteroatoms. The third kappa shape index (κ3) is 2.61. The van der Waals surface area contributed by atoms with Crippen LogP contribution in [-0.4, -0.2) is 25.8 Å². The van der Waals surface area contributed by atoms with Crippen LogP contribution < -0.4 is 0 Å². The average Bonchev–Trinajstić information content (AvgIpc) is 2.71. The van der Waals surface area contributed by atoms with E-state index in [-0.39, 0.29) is 16.5 Å². The van der Waals surface area contributed by atoms with Gasteiger partial charge >= 0.3 is 5.97 Å². The number of hydrogen-bond acceptors (Lipinski definition) is 3. The Balaban J connectivity index is 2.48. The number of halogens is 1. The molecule has 1 aromatic heterocycles. The first kappa shape index (κ1) is 13.5. The maximum Gasteiger partial charge on any atom is 0.337 e. The summed E-state index contributed by atoms with van der Waals surface area (Å²) in [6, 6.07) is 4.72. The van der Waals surface area contributed by atoms with E-state index >= 15 is 0 Å². The van der Waals surface area contributed by atoms with Crippen LogP contribution in [0.1, 0.15) is 41.8 Å². The summed E-state index contributed by atoms with van der Waals surface area (Å²) in [5, 5.41) is 13.5. The molecule has 0 aliphatic carbocycles. The van der Waals surface area contributed by atoms with Crippen LogP contribution in [0.5, 0.6) is 0 Å². The molecule has 0 aliphatic heterocycles. The molecule has 5 nitrogen and oxygen atoms in total. The zero-order valence-corrected chi connectivity index (χ0v) is 11.6. The fourth-order valence-electron chi connectivity index (χ4n) is 1.71. The number of benzene rings is 1. The van der Waals surface area contributed by atoms with Gasteiger partial charge in [-0.3, -0.25) is 0 Å². The van der Waals surface area contributed by atoms with Crippen molar-refractivity contribution in [2.45, 2.75) is 26.7 Å². The van der Waals surface area contributed by atoms with Crippen molar-refractivity contribution >= 4 is 17.6 Å². The lowest BCUT2D eigenvalue weighted by molar-refractivity contribution is 0.0697. The predicted octanol–water partition coefficient (Wildman–Crippen LogP) is 3.05. The highest BCUT2D eigenvalue weighted by Gasteiger charge is 2.14. The van der Waals surface area contributed by atoms with Gasteiger partial charge in [-0.15, -0.1) is 0 Å². The smallest absolute Gasteiger partial charge is 0.337 e. The first-order valence-corrected chi connectivity index (χ1v) is 6.24. The van der Waals surface area contributed by atoms with Gasteiger partial charge in [-0.1, -0.05) is 25.4 Å². The summed E-state index contributed by atoms with van der Waals surface area (Å²) in [6.07, 6.45) is 0. The van der Waals surface area contributed by atoms with Crippen LogP contribution in [0, 0.1) is 6.92 Å². The molecule has 2 aromatic rings. The van der Waals surface area contributed by atoms with Crippen molar-refractivity contribution in [2.24, 2.45) is 0 Å². The van der Waals surface area contributed by atoms with Gasteiger partial charge in [0.15, 0.2) is 5.82 Å². The van der Waals surface area contributed by atoms with Crippen LogP contribution in [0.3, 0.4) is 0 Å². The SMILES string of the molecule is Cc1nc(C(C)C)nn1-c1ccc(C(=O)O)c(Cl)c1. The van der Waals surface area contributed by atoms with Crippen molar-refractivity contribution in [1.29, 1.82) is 0 Å². The average molecular weight is 280 g/mol. The van der Waals surface area contributed by atoms with Gasteiger partial charge in [0.1, 0.15) is 5.82 Å². The van der Waals surface area contributed by atoms with Crippen LogP contribution in [0.2, 0.25) is 5.02 Å². The van der Waals surface area contributed by atoms with Crippen molar-refractivity contribution in [3.05, 3.63) is 40.4 Å². The van der Waals surface area contributed by atoms with Crippen LogP contribution in [0.15, 0.2) is 18.2 Å². The molecule has 19 heavy (non-hydrogen) atoms. The maximum atomic E-state index is 10.9. The standard InChI is InChI=1S/C13H14ClN3O2/c1-7(2)12-15-8(3)17(16-12)9-4-5-10(13(18)19)11(14)6-9/h4-7H,1-3H3,(H,18,19). The summed E-state index contributed by atoms with van der Waals surface area (Å²) >= 11 is 5.95. The van der Waals surface area contributed by atoms with Gasteiger partial charge < -0.3 is 5.11 Å². The van der Waals surface area contributed by atoms with E-state index in [1.54, 1.807) is 16.8 Å². The number of carbonyl (C=O) groups is 1. The number of rotatable bonds is 3. The quantitative estimate of drug-likeness (QED) is 0.937. The summed E-state index contributed by atoms with van der Waals surface area (Å²) < 4.78 is 1.66. The number of carboxylic acid groups (broad SMARTS) is 1. The lowest BCUT2D eigenvalue weighted by Gasteiger charge is -2.05. The molecule has 0 bridgehead atoms. The number of aromatic carboxylic acids is 1. The van der Waals surface area contributed by atoms with Gasteiger partial charge in [-0.2, -0.15) is 5.10 Å². The van der Waals surface area contributed by atoms with E-state index in [4.69, 9.17) is 16.7 Å². The van der Waals surface area contributed by atoms with E-state index in [0.29, 0.717) is 5.69 Å². The van der Waals surface area contributed by atoms with Gasteiger partial charge in [0.2, 0.25) is 0 Å². The molecule has 2 rings (SSSR count). The minimum atomic E-state index is -1.05. The number of hydrogen-bond donors (Lipinski definition) is 1. The molecule has 0 fully saturated rings. The Labute approximate surface area is 115 Å². The van der Waals surface area contributed by atoms with Crippen molar-refractivity contribution in [3.8, 4) is 5.69 Å². The first-order chi connectivity index (χ1) is 8.90. The third-order valence-electron chi connectivity index (χ3n) is 2.73. The molecule has 0 saturated heterocycles. The van der Waals surface area contributed by atoms with Crippen molar-refractivity contribution in [2.75, 3.05) is 0 Å². The monoisotopic (exact) mass is 279 g/mol. The summed E-state index contributed by atoms with van der Waals surface area (Å²) in [6.45, 7) is 5.87. The van der Waals surface area contributed by atoms with Gasteiger partial charge in [0, 0.05) is 5.92 Å². The minimum absolute atomic E-state index is 0.0762. The number of carboxylic acids is 1. The summed E-state index contributed by atoms with van der Waals surface area (Å²) in [5.74, 6) is 0.669. The van der Waals surface area contributed by atoms with Crippen LogP contribution in [0.4, 0.5) is 0 Å². The van der Waals surface area contributed by atoms with Crippen molar-refractivity contribution in [1.82, 2.24) is 14.8 Å². The Hall–Kier alpha value is -1.88. The molecule has 1 aromatic carbocycles. The van der Waals surface area contributed by atoms with Crippen LogP contribution in [-0.2, 0) is 0 Å². The zero-order valence-electron chi connectivity index (χ0n) is 10.9. The third-order valence-corrected chi connectivity index (χ3v) is 3.04. The van der Waals surface area contributed by atoms with Gasteiger partial charge in [0.25, 0.3) is 0 Å². The van der Waals surface area contributed by atoms with E-state index in [1.807, 2.05) is 20.8 Å². The van der Waals surface area contributed by atoms with Crippen LogP contribution >= 0.6 is 11.6 Å². The molecule has 1 heterocycles. The second kappa shape index (κ2) is 5.01. The van der Waals surface area contributed by atoms with Crippen molar-refractivity contribution < 1.29 is 9.90 Å². The highest BCUT2D eigenvalue weighted by molar-refractivity contribution is 6.33. The van der Waals surface area contributed by atoms with E-state index in [1.165, 1.54) is 6.07 Å². The first-order valence-electron chi connectivity index (χ1n) is 5.87. The molecule has 0 spiro atoms. The molecule has 0 unspecified atom stereocenters. The molecule has 100 valence electrons. The maximum absolute atomic E-state index is 10.9. The van der Waals surface area contributed by atoms with Crippen molar-refractivity contribution in [3.63, 3.8) is 0 Å². The fraction of sp³-hybridized carbons (Fsp3) is 0.308. The lowest BCUT2D eigenvalue weighted by atomic mass is 10.2. The molecule has 0 radical (unpaired) electrons. The number of aromatic nitrogens is 3. The van der Waals surface area contributed by atoms with E-state index in [0.717, 1.165) is 11.6 Å². The van der Waals surface area contributed by atoms with Gasteiger partial charge in [-0.25, -0.2) is 14.5 Å². The highest BCUT2D eigenvalue weighted by atomic mass is 35.5. The lowest BCUT2D eigenvalue weighted by Crippen LogP contribution is -2.03. The number of aryl methyl sites for hydroxylation is 1. The van der Waals surface area contributed by atoms with Crippen LogP contribution in [0.25, 0.3) is 5.69 Å². The van der Waals surface area contributed by atoms with Gasteiger partial charge in [0.05, 0.1) is 16.3 Å². The van der Waals surface area contributed by atoms with E-state index in [9.17, 15) is 4.79 Å². The summed E-state index contributed by atoms with van der Waals surface area (Å²) in [4.78, 5) is 15.3. The second-order valence-electron chi connectivity index (χ2n) is 4.55. The Bertz CT molecular complexity index is 635. The van der Waals surface area contributed by atoms with E-state index in [2.05, 4.69) is 10.1 Å². The van der Waals surface area contributed by atoms with Gasteiger partial charge in [-0.05, 0) is 25.1 Å². The predicted molar refractivity (Wildman–Crippen MR) is 72.2 cm³/mol. The molecule has 0 saturated carbocycles. The normalized spacial score (nSPS) is 11.0.